The van der Waals surface area contributed by atoms with Crippen molar-refractivity contribution in [3.63, 3.8) is 0 Å². The largest absolute Gasteiger partial charge is 0.388 e. The molecule has 1 atom stereocenters. The molecule has 1 saturated heterocycles. The van der Waals surface area contributed by atoms with Crippen molar-refractivity contribution < 1.29 is 5.11 Å². The number of guanidine groups is 1. The lowest BCUT2D eigenvalue weighted by atomic mass is 10.1. The summed E-state index contributed by atoms with van der Waals surface area (Å²) in [5.41, 5.74) is 2.28. The van der Waals surface area contributed by atoms with Gasteiger partial charge in [0.15, 0.2) is 5.96 Å². The highest BCUT2D eigenvalue weighted by Crippen LogP contribution is 2.16. The van der Waals surface area contributed by atoms with E-state index < -0.39 is 6.10 Å². The summed E-state index contributed by atoms with van der Waals surface area (Å²) in [6, 6.07) is 20.5. The Balaban J connectivity index is 0.00000363. The van der Waals surface area contributed by atoms with E-state index in [9.17, 15) is 5.11 Å². The SMILES string of the molecule is CCNC(=NCCCN1CCN(c2ccccc2)CC1)NCCC(O)c1ccccc1.I. The van der Waals surface area contributed by atoms with Crippen LogP contribution in [0.15, 0.2) is 65.7 Å². The molecule has 1 heterocycles. The molecule has 1 aliphatic rings. The van der Waals surface area contributed by atoms with Gasteiger partial charge in [0.05, 0.1) is 6.10 Å². The lowest BCUT2D eigenvalue weighted by Gasteiger charge is -2.36. The van der Waals surface area contributed by atoms with Crippen molar-refractivity contribution in [2.45, 2.75) is 25.9 Å². The second-order valence-corrected chi connectivity index (χ2v) is 7.92. The number of piperazine rings is 1. The third-order valence-electron chi connectivity index (χ3n) is 5.63. The number of hydrogen-bond acceptors (Lipinski definition) is 4. The van der Waals surface area contributed by atoms with Crippen molar-refractivity contribution in [3.8, 4) is 0 Å². The Bertz CT molecular complexity index is 766. The monoisotopic (exact) mass is 551 g/mol. The fraction of sp³-hybridized carbons (Fsp3) is 0.480. The van der Waals surface area contributed by atoms with Crippen LogP contribution >= 0.6 is 24.0 Å². The molecule has 176 valence electrons. The summed E-state index contributed by atoms with van der Waals surface area (Å²) in [6.45, 7) is 9.85. The molecule has 0 aliphatic carbocycles. The van der Waals surface area contributed by atoms with Crippen LogP contribution in [-0.2, 0) is 0 Å². The van der Waals surface area contributed by atoms with Gasteiger partial charge in [0.1, 0.15) is 0 Å². The maximum Gasteiger partial charge on any atom is 0.191 e. The maximum absolute atomic E-state index is 10.3. The van der Waals surface area contributed by atoms with Crippen molar-refractivity contribution in [2.75, 3.05) is 57.3 Å². The van der Waals surface area contributed by atoms with Crippen LogP contribution < -0.4 is 15.5 Å². The normalized spacial score (nSPS) is 15.7. The van der Waals surface area contributed by atoms with Crippen LogP contribution in [0.4, 0.5) is 5.69 Å². The molecule has 0 bridgehead atoms. The van der Waals surface area contributed by atoms with Crippen molar-refractivity contribution in [1.82, 2.24) is 15.5 Å². The van der Waals surface area contributed by atoms with Gasteiger partial charge in [-0.1, -0.05) is 48.5 Å². The number of para-hydroxylation sites is 1. The summed E-state index contributed by atoms with van der Waals surface area (Å²) < 4.78 is 0. The van der Waals surface area contributed by atoms with E-state index in [0.29, 0.717) is 13.0 Å². The number of anilines is 1. The smallest absolute Gasteiger partial charge is 0.191 e. The van der Waals surface area contributed by atoms with E-state index in [1.165, 1.54) is 5.69 Å². The van der Waals surface area contributed by atoms with Crippen LogP contribution in [0.5, 0.6) is 0 Å². The molecule has 0 aromatic heterocycles. The number of aliphatic hydroxyl groups excluding tert-OH is 1. The highest BCUT2D eigenvalue weighted by Gasteiger charge is 2.16. The number of rotatable bonds is 10. The number of benzene rings is 2. The molecule has 2 aromatic rings. The first-order valence-corrected chi connectivity index (χ1v) is 11.5. The summed E-state index contributed by atoms with van der Waals surface area (Å²) in [6.07, 6.45) is 1.25. The summed E-state index contributed by atoms with van der Waals surface area (Å²) in [5, 5.41) is 16.9. The minimum Gasteiger partial charge on any atom is -0.388 e. The highest BCUT2D eigenvalue weighted by atomic mass is 127. The number of halogens is 1. The van der Waals surface area contributed by atoms with Gasteiger partial charge in [0.2, 0.25) is 0 Å². The van der Waals surface area contributed by atoms with Crippen molar-refractivity contribution in [1.29, 1.82) is 0 Å². The van der Waals surface area contributed by atoms with Gasteiger partial charge in [-0.05, 0) is 37.5 Å². The Morgan fingerprint density at radius 1 is 0.969 bits per heavy atom. The number of hydrogen-bond donors (Lipinski definition) is 3. The van der Waals surface area contributed by atoms with Gasteiger partial charge < -0.3 is 20.6 Å². The molecule has 3 rings (SSSR count). The van der Waals surface area contributed by atoms with E-state index in [2.05, 4.69) is 57.7 Å². The standard InChI is InChI=1S/C25H37N5O.HI/c1-2-26-25(28-16-14-24(31)22-10-5-3-6-11-22)27-15-9-17-29-18-20-30(21-19-29)23-12-7-4-8-13-23;/h3-8,10-13,24,31H,2,9,14-21H2,1H3,(H2,26,27,28);1H. The molecule has 7 heteroatoms. The third-order valence-corrected chi connectivity index (χ3v) is 5.63. The van der Waals surface area contributed by atoms with Crippen molar-refractivity contribution in [2.24, 2.45) is 4.99 Å². The van der Waals surface area contributed by atoms with Crippen LogP contribution in [0.2, 0.25) is 0 Å². The first-order valence-electron chi connectivity index (χ1n) is 11.5. The lowest BCUT2D eigenvalue weighted by Crippen LogP contribution is -2.46. The number of aliphatic hydroxyl groups is 1. The number of nitrogens with one attached hydrogen (secondary N) is 2. The molecule has 1 aliphatic heterocycles. The van der Waals surface area contributed by atoms with Crippen LogP contribution in [0.25, 0.3) is 0 Å². The van der Waals surface area contributed by atoms with Crippen LogP contribution in [0.1, 0.15) is 31.4 Å². The average Bonchev–Trinajstić information content (AvgIpc) is 2.83. The fourth-order valence-electron chi connectivity index (χ4n) is 3.86. The molecule has 0 amide bonds. The lowest BCUT2D eigenvalue weighted by molar-refractivity contribution is 0.168. The van der Waals surface area contributed by atoms with E-state index in [4.69, 9.17) is 4.99 Å². The second-order valence-electron chi connectivity index (χ2n) is 7.92. The van der Waals surface area contributed by atoms with Crippen molar-refractivity contribution >= 4 is 35.6 Å². The van der Waals surface area contributed by atoms with E-state index in [1.54, 1.807) is 0 Å². The molecule has 32 heavy (non-hydrogen) atoms. The minimum absolute atomic E-state index is 0. The zero-order valence-corrected chi connectivity index (χ0v) is 21.4. The summed E-state index contributed by atoms with van der Waals surface area (Å²) in [5.74, 6) is 0.830. The van der Waals surface area contributed by atoms with E-state index in [1.807, 2.05) is 30.3 Å². The number of nitrogens with zero attached hydrogens (tertiary/aromatic N) is 3. The highest BCUT2D eigenvalue weighted by molar-refractivity contribution is 14.0. The average molecular weight is 552 g/mol. The molecule has 1 unspecified atom stereocenters. The quantitative estimate of drug-likeness (QED) is 0.183. The molecule has 3 N–H and O–H groups in total. The van der Waals surface area contributed by atoms with E-state index >= 15 is 0 Å². The van der Waals surface area contributed by atoms with Gasteiger partial charge in [-0.25, -0.2) is 0 Å². The van der Waals surface area contributed by atoms with Gasteiger partial charge in [-0.2, -0.15) is 0 Å². The fourth-order valence-corrected chi connectivity index (χ4v) is 3.86. The molecule has 0 spiro atoms. The number of aliphatic imine (C=N–C) groups is 1. The molecule has 0 saturated carbocycles. The Hall–Kier alpha value is -1.84. The maximum atomic E-state index is 10.3. The Kier molecular flexibility index (Phi) is 12.4. The molecule has 2 aromatic carbocycles. The van der Waals surface area contributed by atoms with Gasteiger partial charge >= 0.3 is 0 Å². The summed E-state index contributed by atoms with van der Waals surface area (Å²) >= 11 is 0. The summed E-state index contributed by atoms with van der Waals surface area (Å²) in [7, 11) is 0. The van der Waals surface area contributed by atoms with E-state index in [-0.39, 0.29) is 24.0 Å². The van der Waals surface area contributed by atoms with Crippen molar-refractivity contribution in [3.05, 3.63) is 66.2 Å². The molecule has 1 fully saturated rings. The predicted molar refractivity (Wildman–Crippen MR) is 145 cm³/mol. The molecule has 0 radical (unpaired) electrons. The van der Waals surface area contributed by atoms with Gasteiger partial charge in [0.25, 0.3) is 0 Å². The van der Waals surface area contributed by atoms with Crippen LogP contribution in [0.3, 0.4) is 0 Å². The third kappa shape index (κ3) is 8.96. The Morgan fingerprint density at radius 2 is 1.62 bits per heavy atom. The Labute approximate surface area is 210 Å². The topological polar surface area (TPSA) is 63.1 Å². The zero-order valence-electron chi connectivity index (χ0n) is 19.1. The molecular formula is C25H38IN5O. The summed E-state index contributed by atoms with van der Waals surface area (Å²) in [4.78, 5) is 9.70. The van der Waals surface area contributed by atoms with Crippen LogP contribution in [-0.4, -0.2) is 68.3 Å². The zero-order chi connectivity index (χ0) is 21.7. The predicted octanol–water partition coefficient (Wildman–Crippen LogP) is 3.50. The first kappa shape index (κ1) is 26.4. The van der Waals surface area contributed by atoms with E-state index in [0.717, 1.165) is 63.8 Å². The minimum atomic E-state index is -0.453. The first-order chi connectivity index (χ1) is 15.3. The molecule has 6 nitrogen and oxygen atoms in total. The molecular weight excluding hydrogens is 513 g/mol. The van der Waals surface area contributed by atoms with Crippen LogP contribution in [0, 0.1) is 0 Å². The van der Waals surface area contributed by atoms with Gasteiger partial charge in [0, 0.05) is 58.0 Å². The van der Waals surface area contributed by atoms with Gasteiger partial charge in [-0.15, -0.1) is 24.0 Å². The second kappa shape index (κ2) is 15.1. The Morgan fingerprint density at radius 3 is 2.28 bits per heavy atom. The van der Waals surface area contributed by atoms with Gasteiger partial charge in [-0.3, -0.25) is 9.89 Å².